The molecule has 106 valence electrons. The average molecular weight is 266 g/mol. The predicted octanol–water partition coefficient (Wildman–Crippen LogP) is 1.65. The Morgan fingerprint density at radius 2 is 1.95 bits per heavy atom. The van der Waals surface area contributed by atoms with E-state index >= 15 is 0 Å². The lowest BCUT2D eigenvalue weighted by atomic mass is 10.3. The van der Waals surface area contributed by atoms with Gasteiger partial charge in [-0.3, -0.25) is 4.79 Å². The van der Waals surface area contributed by atoms with Crippen LogP contribution in [-0.4, -0.2) is 38.8 Å². The molecule has 0 aliphatic carbocycles. The Morgan fingerprint density at radius 1 is 1.26 bits per heavy atom. The Kier molecular flexibility index (Phi) is 6.92. The molecule has 0 bridgehead atoms. The first-order valence-electron chi connectivity index (χ1n) is 6.38. The maximum Gasteiger partial charge on any atom is 0.238 e. The van der Waals surface area contributed by atoms with Crippen molar-refractivity contribution < 1.29 is 14.3 Å². The van der Waals surface area contributed by atoms with E-state index in [1.165, 1.54) is 0 Å². The standard InChI is InChI=1S/C14H22N2O3/c1-11(2)19-13-6-4-12(5-7-13)16-14(17)10-15-8-9-18-3/h4-7,11,15H,8-10H2,1-3H3,(H,16,17). The highest BCUT2D eigenvalue weighted by Gasteiger charge is 2.02. The van der Waals surface area contributed by atoms with Gasteiger partial charge in [0.2, 0.25) is 5.91 Å². The van der Waals surface area contributed by atoms with Crippen LogP contribution in [0, 0.1) is 0 Å². The fourth-order valence-corrected chi connectivity index (χ4v) is 1.47. The van der Waals surface area contributed by atoms with Crippen LogP contribution in [0.4, 0.5) is 5.69 Å². The number of carbonyl (C=O) groups is 1. The van der Waals surface area contributed by atoms with Gasteiger partial charge in [-0.2, -0.15) is 0 Å². The van der Waals surface area contributed by atoms with E-state index in [1.54, 1.807) is 7.11 Å². The van der Waals surface area contributed by atoms with Crippen LogP contribution in [0.5, 0.6) is 5.75 Å². The number of nitrogens with one attached hydrogen (secondary N) is 2. The smallest absolute Gasteiger partial charge is 0.238 e. The second-order valence-electron chi connectivity index (χ2n) is 4.41. The van der Waals surface area contributed by atoms with Crippen molar-refractivity contribution in [1.82, 2.24) is 5.32 Å². The minimum atomic E-state index is -0.0753. The number of ether oxygens (including phenoxy) is 2. The third-order valence-electron chi connectivity index (χ3n) is 2.28. The van der Waals surface area contributed by atoms with Gasteiger partial charge >= 0.3 is 0 Å². The molecule has 5 nitrogen and oxygen atoms in total. The SMILES string of the molecule is COCCNCC(=O)Nc1ccc(OC(C)C)cc1. The van der Waals surface area contributed by atoms with Crippen molar-refractivity contribution >= 4 is 11.6 Å². The van der Waals surface area contributed by atoms with E-state index in [0.29, 0.717) is 13.2 Å². The Morgan fingerprint density at radius 3 is 2.53 bits per heavy atom. The van der Waals surface area contributed by atoms with E-state index in [0.717, 1.165) is 11.4 Å². The molecule has 0 fully saturated rings. The molecule has 0 saturated carbocycles. The van der Waals surface area contributed by atoms with Crippen molar-refractivity contribution in [2.75, 3.05) is 32.1 Å². The van der Waals surface area contributed by atoms with Crippen LogP contribution in [0.15, 0.2) is 24.3 Å². The first-order valence-corrected chi connectivity index (χ1v) is 6.38. The van der Waals surface area contributed by atoms with Gasteiger partial charge in [0.25, 0.3) is 0 Å². The van der Waals surface area contributed by atoms with Crippen molar-refractivity contribution in [3.63, 3.8) is 0 Å². The van der Waals surface area contributed by atoms with Crippen LogP contribution in [0.2, 0.25) is 0 Å². The third-order valence-corrected chi connectivity index (χ3v) is 2.28. The van der Waals surface area contributed by atoms with Crippen LogP contribution in [0.25, 0.3) is 0 Å². The molecule has 0 spiro atoms. The summed E-state index contributed by atoms with van der Waals surface area (Å²) in [5.41, 5.74) is 0.759. The number of rotatable bonds is 8. The summed E-state index contributed by atoms with van der Waals surface area (Å²) < 4.78 is 10.4. The van der Waals surface area contributed by atoms with E-state index in [2.05, 4.69) is 10.6 Å². The van der Waals surface area contributed by atoms with E-state index in [1.807, 2.05) is 38.1 Å². The molecule has 2 N–H and O–H groups in total. The monoisotopic (exact) mass is 266 g/mol. The molecule has 19 heavy (non-hydrogen) atoms. The molecule has 5 heteroatoms. The summed E-state index contributed by atoms with van der Waals surface area (Å²) in [4.78, 5) is 11.6. The van der Waals surface area contributed by atoms with Crippen molar-refractivity contribution in [1.29, 1.82) is 0 Å². The van der Waals surface area contributed by atoms with E-state index in [4.69, 9.17) is 9.47 Å². The molecule has 1 rings (SSSR count). The quantitative estimate of drug-likeness (QED) is 0.702. The molecule has 0 atom stereocenters. The highest BCUT2D eigenvalue weighted by molar-refractivity contribution is 5.92. The lowest BCUT2D eigenvalue weighted by Gasteiger charge is -2.10. The van der Waals surface area contributed by atoms with Gasteiger partial charge in [-0.15, -0.1) is 0 Å². The van der Waals surface area contributed by atoms with Gasteiger partial charge in [0.15, 0.2) is 0 Å². The number of hydrogen-bond acceptors (Lipinski definition) is 4. The maximum absolute atomic E-state index is 11.6. The number of benzene rings is 1. The lowest BCUT2D eigenvalue weighted by Crippen LogP contribution is -2.30. The topological polar surface area (TPSA) is 59.6 Å². The number of amides is 1. The predicted molar refractivity (Wildman–Crippen MR) is 75.6 cm³/mol. The average Bonchev–Trinajstić information content (AvgIpc) is 2.36. The first-order chi connectivity index (χ1) is 9.11. The highest BCUT2D eigenvalue weighted by Crippen LogP contribution is 2.16. The summed E-state index contributed by atoms with van der Waals surface area (Å²) in [5.74, 6) is 0.722. The summed E-state index contributed by atoms with van der Waals surface area (Å²) in [5, 5.41) is 5.78. The minimum absolute atomic E-state index is 0.0753. The normalized spacial score (nSPS) is 10.5. The first kappa shape index (κ1) is 15.5. The van der Waals surface area contributed by atoms with Crippen LogP contribution < -0.4 is 15.4 Å². The third kappa shape index (κ3) is 6.79. The summed E-state index contributed by atoms with van der Waals surface area (Å²) in [6.45, 7) is 5.47. The van der Waals surface area contributed by atoms with Gasteiger partial charge in [0, 0.05) is 19.3 Å². The van der Waals surface area contributed by atoms with Gasteiger partial charge in [-0.1, -0.05) is 0 Å². The zero-order valence-electron chi connectivity index (χ0n) is 11.7. The largest absolute Gasteiger partial charge is 0.491 e. The summed E-state index contributed by atoms with van der Waals surface area (Å²) >= 11 is 0. The van der Waals surface area contributed by atoms with Crippen LogP contribution >= 0.6 is 0 Å². The van der Waals surface area contributed by atoms with Crippen molar-refractivity contribution in [3.05, 3.63) is 24.3 Å². The lowest BCUT2D eigenvalue weighted by molar-refractivity contribution is -0.115. The maximum atomic E-state index is 11.6. The van der Waals surface area contributed by atoms with Gasteiger partial charge in [0.1, 0.15) is 5.75 Å². The fraction of sp³-hybridized carbons (Fsp3) is 0.500. The molecule has 1 aromatic carbocycles. The Labute approximate surface area is 114 Å². The fourth-order valence-electron chi connectivity index (χ4n) is 1.47. The number of hydrogen-bond donors (Lipinski definition) is 2. The molecule has 0 aliphatic rings. The van der Waals surface area contributed by atoms with Crippen LogP contribution in [0.3, 0.4) is 0 Å². The molecule has 1 aromatic rings. The zero-order valence-corrected chi connectivity index (χ0v) is 11.7. The van der Waals surface area contributed by atoms with E-state index in [9.17, 15) is 4.79 Å². The van der Waals surface area contributed by atoms with Crippen molar-refractivity contribution in [2.45, 2.75) is 20.0 Å². The molecular formula is C14H22N2O3. The van der Waals surface area contributed by atoms with E-state index < -0.39 is 0 Å². The molecule has 0 radical (unpaired) electrons. The second-order valence-corrected chi connectivity index (χ2v) is 4.41. The second kappa shape index (κ2) is 8.50. The van der Waals surface area contributed by atoms with Gasteiger partial charge in [-0.25, -0.2) is 0 Å². The van der Waals surface area contributed by atoms with Crippen LogP contribution in [-0.2, 0) is 9.53 Å². The highest BCUT2D eigenvalue weighted by atomic mass is 16.5. The number of methoxy groups -OCH3 is 1. The number of carbonyl (C=O) groups excluding carboxylic acids is 1. The minimum Gasteiger partial charge on any atom is -0.491 e. The number of anilines is 1. The molecule has 0 aromatic heterocycles. The van der Waals surface area contributed by atoms with Gasteiger partial charge in [-0.05, 0) is 38.1 Å². The Balaban J connectivity index is 2.34. The van der Waals surface area contributed by atoms with Gasteiger partial charge < -0.3 is 20.1 Å². The van der Waals surface area contributed by atoms with Crippen LogP contribution in [0.1, 0.15) is 13.8 Å². The summed E-state index contributed by atoms with van der Waals surface area (Å²) in [6.07, 6.45) is 0.144. The molecule has 0 saturated heterocycles. The van der Waals surface area contributed by atoms with Crippen molar-refractivity contribution in [3.8, 4) is 5.75 Å². The molecular weight excluding hydrogens is 244 g/mol. The Hall–Kier alpha value is -1.59. The van der Waals surface area contributed by atoms with E-state index in [-0.39, 0.29) is 18.6 Å². The molecule has 1 amide bonds. The molecule has 0 heterocycles. The molecule has 0 unspecified atom stereocenters. The Bertz CT molecular complexity index is 377. The van der Waals surface area contributed by atoms with Gasteiger partial charge in [0.05, 0.1) is 19.3 Å². The summed E-state index contributed by atoms with van der Waals surface area (Å²) in [7, 11) is 1.63. The van der Waals surface area contributed by atoms with Crippen molar-refractivity contribution in [2.24, 2.45) is 0 Å². The molecule has 0 aliphatic heterocycles. The summed E-state index contributed by atoms with van der Waals surface area (Å²) in [6, 6.07) is 7.33. The zero-order chi connectivity index (χ0) is 14.1.